The van der Waals surface area contributed by atoms with E-state index < -0.39 is 0 Å². The number of hydrogen-bond donors (Lipinski definition) is 0. The zero-order chi connectivity index (χ0) is 14.3. The molecule has 0 fully saturated rings. The van der Waals surface area contributed by atoms with Gasteiger partial charge < -0.3 is 0 Å². The lowest BCUT2D eigenvalue weighted by Gasteiger charge is -2.26. The van der Waals surface area contributed by atoms with E-state index in [1.807, 2.05) is 0 Å². The van der Waals surface area contributed by atoms with E-state index in [2.05, 4.69) is 66.7 Å². The van der Waals surface area contributed by atoms with E-state index >= 15 is 0 Å². The van der Waals surface area contributed by atoms with Crippen LogP contribution in [0.25, 0.3) is 27.6 Å². The van der Waals surface area contributed by atoms with Crippen LogP contribution in [-0.4, -0.2) is 0 Å². The quantitative estimate of drug-likeness (QED) is 0.335. The first-order chi connectivity index (χ1) is 10.9. The molecular weight excluding hydrogens is 264 g/mol. The molecule has 0 atom stereocenters. The summed E-state index contributed by atoms with van der Waals surface area (Å²) in [6, 6.07) is 20.4. The monoisotopic (exact) mass is 277 g/mol. The summed E-state index contributed by atoms with van der Waals surface area (Å²) in [7, 11) is 0. The number of rotatable bonds is 0. The predicted molar refractivity (Wildman–Crippen MR) is 92.4 cm³/mol. The SMILES string of the molecule is C1=Cc2cc3cccc4cc5cccc6cc(c2c(c56)[C+]34)C1. The van der Waals surface area contributed by atoms with E-state index in [0.29, 0.717) is 0 Å². The van der Waals surface area contributed by atoms with Crippen molar-refractivity contribution >= 4 is 27.6 Å². The number of hydrogen-bond acceptors (Lipinski definition) is 0. The van der Waals surface area contributed by atoms with Crippen molar-refractivity contribution in [3.05, 3.63) is 94.4 Å². The molecule has 6 rings (SSSR count). The highest BCUT2D eigenvalue weighted by Crippen LogP contribution is 2.48. The van der Waals surface area contributed by atoms with Gasteiger partial charge in [-0.3, -0.25) is 0 Å². The molecule has 0 N–H and O–H groups in total. The highest BCUT2D eigenvalue weighted by molar-refractivity contribution is 6.11. The Kier molecular flexibility index (Phi) is 1.75. The largest absolute Gasteiger partial charge is 0.0780 e. The molecule has 0 bridgehead atoms. The Bertz CT molecular complexity index is 1100. The first-order valence-electron chi connectivity index (χ1n) is 7.85. The van der Waals surface area contributed by atoms with Gasteiger partial charge in [-0.2, -0.15) is 0 Å². The average molecular weight is 277 g/mol. The molecule has 4 aliphatic rings. The Morgan fingerprint density at radius 3 is 2.45 bits per heavy atom. The lowest BCUT2D eigenvalue weighted by molar-refractivity contribution is 1.20. The molecule has 0 radical (unpaired) electrons. The summed E-state index contributed by atoms with van der Waals surface area (Å²) in [5.74, 6) is 1.43. The highest BCUT2D eigenvalue weighted by Gasteiger charge is 2.35. The van der Waals surface area contributed by atoms with Crippen molar-refractivity contribution in [2.75, 3.05) is 0 Å². The fourth-order valence-corrected chi connectivity index (χ4v) is 4.37. The first kappa shape index (κ1) is 10.9. The Balaban J connectivity index is 2.02. The van der Waals surface area contributed by atoms with Crippen molar-refractivity contribution in [3.63, 3.8) is 0 Å². The third-order valence-electron chi connectivity index (χ3n) is 5.20. The van der Waals surface area contributed by atoms with E-state index in [1.165, 1.54) is 55.3 Å². The smallest absolute Gasteiger partial charge is 0.0716 e. The van der Waals surface area contributed by atoms with E-state index in [-0.39, 0.29) is 0 Å². The second-order valence-corrected chi connectivity index (χ2v) is 6.39. The summed E-state index contributed by atoms with van der Waals surface area (Å²) in [6.07, 6.45) is 5.63. The topological polar surface area (TPSA) is 0 Å². The van der Waals surface area contributed by atoms with Gasteiger partial charge in [0.1, 0.15) is 0 Å². The summed E-state index contributed by atoms with van der Waals surface area (Å²) >= 11 is 0. The number of benzene rings is 2. The standard InChI is InChI=1S/C22H13/c1-4-13-10-15-6-2-8-17-12-18-9-3-7-16-11-14(5-1)19(13)22(20(15)17)21(16)18/h1-8,10-12H,9H2/q+1. The first-order valence-corrected chi connectivity index (χ1v) is 7.85. The van der Waals surface area contributed by atoms with Crippen molar-refractivity contribution < 1.29 is 0 Å². The Morgan fingerprint density at radius 2 is 1.55 bits per heavy atom. The van der Waals surface area contributed by atoms with Gasteiger partial charge in [-0.15, -0.1) is 0 Å². The van der Waals surface area contributed by atoms with Gasteiger partial charge in [-0.05, 0) is 54.5 Å². The molecule has 0 amide bonds. The molecule has 2 aromatic rings. The van der Waals surface area contributed by atoms with Gasteiger partial charge >= 0.3 is 0 Å². The van der Waals surface area contributed by atoms with Gasteiger partial charge in [0, 0.05) is 39.2 Å². The van der Waals surface area contributed by atoms with Crippen molar-refractivity contribution in [2.24, 2.45) is 0 Å². The minimum atomic E-state index is 1.04. The van der Waals surface area contributed by atoms with Crippen LogP contribution in [0.1, 0.15) is 27.8 Å². The molecule has 0 heterocycles. The van der Waals surface area contributed by atoms with Crippen molar-refractivity contribution in [1.82, 2.24) is 0 Å². The lowest BCUT2D eigenvalue weighted by Crippen LogP contribution is -2.14. The molecule has 22 heavy (non-hydrogen) atoms. The van der Waals surface area contributed by atoms with Gasteiger partial charge in [0.05, 0.1) is 22.6 Å². The fourth-order valence-electron chi connectivity index (χ4n) is 4.37. The maximum atomic E-state index is 2.39. The van der Waals surface area contributed by atoms with Crippen LogP contribution in [0.4, 0.5) is 0 Å². The van der Waals surface area contributed by atoms with Crippen LogP contribution >= 0.6 is 0 Å². The molecule has 0 saturated carbocycles. The minimum Gasteiger partial charge on any atom is -0.0780 e. The maximum Gasteiger partial charge on any atom is 0.0716 e. The lowest BCUT2D eigenvalue weighted by atomic mass is 9.71. The molecule has 4 aliphatic carbocycles. The van der Waals surface area contributed by atoms with E-state index in [0.717, 1.165) is 6.42 Å². The van der Waals surface area contributed by atoms with Crippen LogP contribution in [0.2, 0.25) is 0 Å². The van der Waals surface area contributed by atoms with Crippen molar-refractivity contribution in [1.29, 1.82) is 0 Å². The van der Waals surface area contributed by atoms with Crippen LogP contribution in [0, 0.1) is 5.92 Å². The molecule has 0 spiro atoms. The van der Waals surface area contributed by atoms with Gasteiger partial charge in [0.15, 0.2) is 0 Å². The van der Waals surface area contributed by atoms with Crippen molar-refractivity contribution in [2.45, 2.75) is 6.42 Å². The fraction of sp³-hybridized carbons (Fsp3) is 0.0455. The van der Waals surface area contributed by atoms with E-state index in [4.69, 9.17) is 0 Å². The third-order valence-corrected chi connectivity index (χ3v) is 5.20. The third kappa shape index (κ3) is 1.14. The van der Waals surface area contributed by atoms with Gasteiger partial charge in [0.2, 0.25) is 0 Å². The minimum absolute atomic E-state index is 1.04. The molecule has 0 heteroatoms. The second kappa shape index (κ2) is 3.53. The average Bonchev–Trinajstić information content (AvgIpc) is 2.55. The summed E-state index contributed by atoms with van der Waals surface area (Å²) in [6.45, 7) is 0. The molecule has 0 nitrogen and oxygen atoms in total. The Labute approximate surface area is 129 Å². The van der Waals surface area contributed by atoms with Gasteiger partial charge in [-0.25, -0.2) is 0 Å². The summed E-state index contributed by atoms with van der Waals surface area (Å²) in [5.41, 5.74) is 7.03. The van der Waals surface area contributed by atoms with Crippen LogP contribution in [-0.2, 0) is 6.42 Å². The molecule has 100 valence electrons. The molecule has 0 saturated heterocycles. The normalized spacial score (nSPS) is 14.8. The van der Waals surface area contributed by atoms with Gasteiger partial charge in [0.25, 0.3) is 0 Å². The molecule has 0 unspecified atom stereocenters. The number of allylic oxidation sites excluding steroid dienone is 1. The predicted octanol–water partition coefficient (Wildman–Crippen LogP) is 5.33. The molecule has 0 aromatic heterocycles. The molecular formula is C22H13+. The van der Waals surface area contributed by atoms with E-state index in [1.54, 1.807) is 0 Å². The van der Waals surface area contributed by atoms with Crippen LogP contribution in [0.5, 0.6) is 0 Å². The zero-order valence-electron chi connectivity index (χ0n) is 12.1. The highest BCUT2D eigenvalue weighted by atomic mass is 14.3. The molecule has 0 aliphatic heterocycles. The summed E-state index contributed by atoms with van der Waals surface area (Å²) < 4.78 is 0. The summed E-state index contributed by atoms with van der Waals surface area (Å²) in [4.78, 5) is 0. The van der Waals surface area contributed by atoms with Crippen LogP contribution < -0.4 is 0 Å². The maximum absolute atomic E-state index is 2.39. The van der Waals surface area contributed by atoms with Crippen LogP contribution in [0.15, 0.2) is 60.7 Å². The van der Waals surface area contributed by atoms with Gasteiger partial charge in [-0.1, -0.05) is 12.1 Å². The second-order valence-electron chi connectivity index (χ2n) is 6.39. The summed E-state index contributed by atoms with van der Waals surface area (Å²) in [5, 5.41) is 5.63. The van der Waals surface area contributed by atoms with Crippen molar-refractivity contribution in [3.8, 4) is 0 Å². The molecule has 2 aromatic carbocycles. The van der Waals surface area contributed by atoms with E-state index in [9.17, 15) is 0 Å². The zero-order valence-corrected chi connectivity index (χ0v) is 12.1. The Hall–Kier alpha value is -2.73. The van der Waals surface area contributed by atoms with Crippen LogP contribution in [0.3, 0.4) is 0 Å². The Morgan fingerprint density at radius 1 is 0.773 bits per heavy atom.